The Morgan fingerprint density at radius 1 is 1.05 bits per heavy atom. The van der Waals surface area contributed by atoms with Crippen LogP contribution in [0.3, 0.4) is 0 Å². The van der Waals surface area contributed by atoms with Crippen molar-refractivity contribution in [3.63, 3.8) is 0 Å². The van der Waals surface area contributed by atoms with Crippen LogP contribution < -0.4 is 10.6 Å². The SMILES string of the molecule is CCc1ccc(N2C(N)=C(C#N)C(c3cc(CSc4ccc(Cl)cc4)c(C)cc3C)C3=C2CC(C)(C)CC3=O)cc1. The number of carbonyl (C=O) groups excluding carboxylic acids is 1. The summed E-state index contributed by atoms with van der Waals surface area (Å²) in [5.74, 6) is 0.763. The number of nitrogens with zero attached hydrogens (tertiary/aromatic N) is 2. The van der Waals surface area contributed by atoms with Crippen LogP contribution in [0.25, 0.3) is 0 Å². The van der Waals surface area contributed by atoms with Crippen molar-refractivity contribution >= 4 is 34.8 Å². The Morgan fingerprint density at radius 3 is 2.37 bits per heavy atom. The predicted molar refractivity (Wildman–Crippen MR) is 170 cm³/mol. The number of carbonyl (C=O) groups is 1. The molecule has 0 saturated carbocycles. The molecule has 0 amide bonds. The van der Waals surface area contributed by atoms with E-state index in [4.69, 9.17) is 17.3 Å². The Labute approximate surface area is 252 Å². The molecule has 41 heavy (non-hydrogen) atoms. The molecule has 1 unspecified atom stereocenters. The molecule has 0 saturated heterocycles. The molecular formula is C35H36ClN3OS. The minimum Gasteiger partial charge on any atom is -0.384 e. The maximum absolute atomic E-state index is 14.0. The normalized spacial score (nSPS) is 18.4. The van der Waals surface area contributed by atoms with Gasteiger partial charge in [-0.2, -0.15) is 5.26 Å². The van der Waals surface area contributed by atoms with Crippen molar-refractivity contribution in [2.45, 2.75) is 70.4 Å². The largest absolute Gasteiger partial charge is 0.384 e. The second-order valence-corrected chi connectivity index (χ2v) is 13.4. The Balaban J connectivity index is 1.64. The third-order valence-electron chi connectivity index (χ3n) is 8.23. The molecule has 0 bridgehead atoms. The fourth-order valence-electron chi connectivity index (χ4n) is 6.07. The first kappa shape index (κ1) is 29.0. The van der Waals surface area contributed by atoms with Crippen LogP contribution in [-0.4, -0.2) is 5.78 Å². The second kappa shape index (κ2) is 11.4. The van der Waals surface area contributed by atoms with Crippen LogP contribution in [0, 0.1) is 30.6 Å². The molecule has 1 atom stereocenters. The summed E-state index contributed by atoms with van der Waals surface area (Å²) in [7, 11) is 0. The number of benzene rings is 3. The minimum atomic E-state index is -0.496. The number of allylic oxidation sites excluding steroid dienone is 3. The van der Waals surface area contributed by atoms with Gasteiger partial charge in [-0.15, -0.1) is 11.8 Å². The Bertz CT molecular complexity index is 1610. The summed E-state index contributed by atoms with van der Waals surface area (Å²) >= 11 is 7.82. The lowest BCUT2D eigenvalue weighted by molar-refractivity contribution is -0.118. The third-order valence-corrected chi connectivity index (χ3v) is 9.54. The number of hydrogen-bond acceptors (Lipinski definition) is 5. The lowest BCUT2D eigenvalue weighted by Crippen LogP contribution is -2.42. The summed E-state index contributed by atoms with van der Waals surface area (Å²) in [6.07, 6.45) is 2.07. The molecule has 3 aromatic carbocycles. The molecule has 210 valence electrons. The van der Waals surface area contributed by atoms with E-state index in [1.165, 1.54) is 16.7 Å². The van der Waals surface area contributed by atoms with E-state index >= 15 is 0 Å². The number of Topliss-reactive ketones (excluding diaryl/α,β-unsaturated/α-hetero) is 1. The molecule has 6 heteroatoms. The van der Waals surface area contributed by atoms with Crippen molar-refractivity contribution in [3.8, 4) is 6.07 Å². The maximum atomic E-state index is 14.0. The van der Waals surface area contributed by atoms with Crippen molar-refractivity contribution in [2.24, 2.45) is 11.1 Å². The van der Waals surface area contributed by atoms with Gasteiger partial charge in [0, 0.05) is 39.0 Å². The number of hydrogen-bond donors (Lipinski definition) is 1. The van der Waals surface area contributed by atoms with E-state index in [1.807, 2.05) is 41.3 Å². The van der Waals surface area contributed by atoms with Gasteiger partial charge in [0.05, 0.1) is 17.6 Å². The molecule has 0 radical (unpaired) electrons. The molecule has 4 nitrogen and oxygen atoms in total. The van der Waals surface area contributed by atoms with Crippen LogP contribution in [0.15, 0.2) is 88.2 Å². The number of halogens is 1. The molecule has 0 spiro atoms. The highest BCUT2D eigenvalue weighted by atomic mass is 35.5. The zero-order valence-corrected chi connectivity index (χ0v) is 25.9. The van der Waals surface area contributed by atoms with Crippen molar-refractivity contribution in [2.75, 3.05) is 4.90 Å². The van der Waals surface area contributed by atoms with Gasteiger partial charge in [0.25, 0.3) is 0 Å². The highest BCUT2D eigenvalue weighted by Crippen LogP contribution is 2.51. The van der Waals surface area contributed by atoms with Crippen LogP contribution in [0.1, 0.15) is 67.3 Å². The average Bonchev–Trinajstić information content (AvgIpc) is 2.92. The van der Waals surface area contributed by atoms with E-state index in [1.54, 1.807) is 11.8 Å². The van der Waals surface area contributed by atoms with Gasteiger partial charge in [0.15, 0.2) is 5.78 Å². The van der Waals surface area contributed by atoms with E-state index in [0.29, 0.717) is 34.8 Å². The van der Waals surface area contributed by atoms with E-state index in [-0.39, 0.29) is 11.2 Å². The summed E-state index contributed by atoms with van der Waals surface area (Å²) < 4.78 is 0. The summed E-state index contributed by atoms with van der Waals surface area (Å²) in [4.78, 5) is 17.1. The second-order valence-electron chi connectivity index (χ2n) is 11.9. The van der Waals surface area contributed by atoms with Gasteiger partial charge < -0.3 is 5.73 Å². The van der Waals surface area contributed by atoms with Gasteiger partial charge in [-0.3, -0.25) is 9.69 Å². The van der Waals surface area contributed by atoms with Crippen LogP contribution in [0.5, 0.6) is 0 Å². The fourth-order valence-corrected chi connectivity index (χ4v) is 7.16. The topological polar surface area (TPSA) is 70.1 Å². The number of thioether (sulfide) groups is 1. The third kappa shape index (κ3) is 5.69. The van der Waals surface area contributed by atoms with Crippen molar-refractivity contribution in [3.05, 3.63) is 116 Å². The first-order valence-corrected chi connectivity index (χ1v) is 15.4. The molecule has 0 aromatic heterocycles. The molecule has 0 fully saturated rings. The highest BCUT2D eigenvalue weighted by Gasteiger charge is 2.45. The van der Waals surface area contributed by atoms with Crippen LogP contribution in [0.2, 0.25) is 5.02 Å². The van der Waals surface area contributed by atoms with Crippen LogP contribution >= 0.6 is 23.4 Å². The lowest BCUT2D eigenvalue weighted by Gasteiger charge is -2.44. The van der Waals surface area contributed by atoms with Crippen molar-refractivity contribution in [1.29, 1.82) is 5.26 Å². The molecule has 2 N–H and O–H groups in total. The average molecular weight is 582 g/mol. The number of anilines is 1. The van der Waals surface area contributed by atoms with Gasteiger partial charge in [-0.25, -0.2) is 0 Å². The van der Waals surface area contributed by atoms with E-state index in [2.05, 4.69) is 65.0 Å². The molecule has 5 rings (SSSR count). The van der Waals surface area contributed by atoms with Crippen molar-refractivity contribution < 1.29 is 4.79 Å². The Morgan fingerprint density at radius 2 is 1.73 bits per heavy atom. The lowest BCUT2D eigenvalue weighted by atomic mass is 9.68. The molecule has 3 aromatic rings. The number of nitrogens with two attached hydrogens (primary N) is 1. The maximum Gasteiger partial charge on any atom is 0.162 e. The number of rotatable bonds is 6. The summed E-state index contributed by atoms with van der Waals surface area (Å²) in [5, 5.41) is 11.3. The number of nitriles is 1. The summed E-state index contributed by atoms with van der Waals surface area (Å²) in [6, 6.07) is 22.9. The zero-order chi connectivity index (χ0) is 29.5. The first-order chi connectivity index (χ1) is 19.5. The summed E-state index contributed by atoms with van der Waals surface area (Å²) in [6.45, 7) is 10.6. The first-order valence-electron chi connectivity index (χ1n) is 14.1. The number of aryl methyl sites for hydroxylation is 3. The predicted octanol–water partition coefficient (Wildman–Crippen LogP) is 8.75. The van der Waals surface area contributed by atoms with Crippen LogP contribution in [0.4, 0.5) is 5.69 Å². The summed E-state index contributed by atoms with van der Waals surface area (Å²) in [5.41, 5.74) is 15.2. The van der Waals surface area contributed by atoms with Crippen LogP contribution in [-0.2, 0) is 17.0 Å². The van der Waals surface area contributed by atoms with Gasteiger partial charge in [-0.05, 0) is 96.3 Å². The fraction of sp³-hybridized carbons (Fsp3) is 0.314. The quantitative estimate of drug-likeness (QED) is 0.295. The molecule has 1 aliphatic carbocycles. The molecular weight excluding hydrogens is 546 g/mol. The Hall–Kier alpha value is -3.46. The minimum absolute atomic E-state index is 0.0914. The van der Waals surface area contributed by atoms with Gasteiger partial charge in [0.2, 0.25) is 0 Å². The monoisotopic (exact) mass is 581 g/mol. The van der Waals surface area contributed by atoms with Crippen molar-refractivity contribution in [1.82, 2.24) is 0 Å². The highest BCUT2D eigenvalue weighted by molar-refractivity contribution is 7.98. The molecule has 2 aliphatic rings. The van der Waals surface area contributed by atoms with E-state index < -0.39 is 5.92 Å². The molecule has 1 heterocycles. The standard InChI is InChI=1S/C35H36ClN3OS/c1-6-23-7-11-26(12-8-23)39-30-17-35(4,5)18-31(40)33(30)32(29(19-37)34(39)38)28-16-24(21(2)15-22(28)3)20-41-27-13-9-25(36)10-14-27/h7-16,32H,6,17-18,20,38H2,1-5H3. The number of ketones is 1. The smallest absolute Gasteiger partial charge is 0.162 e. The van der Waals surface area contributed by atoms with E-state index in [0.717, 1.165) is 39.6 Å². The zero-order valence-electron chi connectivity index (χ0n) is 24.3. The van der Waals surface area contributed by atoms with Gasteiger partial charge in [-0.1, -0.05) is 56.6 Å². The van der Waals surface area contributed by atoms with Gasteiger partial charge in [0.1, 0.15) is 5.82 Å². The van der Waals surface area contributed by atoms with E-state index in [9.17, 15) is 10.1 Å². The van der Waals surface area contributed by atoms with Gasteiger partial charge >= 0.3 is 0 Å². The molecule has 1 aliphatic heterocycles. The Kier molecular flexibility index (Phi) is 8.10.